The van der Waals surface area contributed by atoms with Crippen LogP contribution in [0.4, 0.5) is 0 Å². The topological polar surface area (TPSA) is 50.4 Å². The normalized spacial score (nSPS) is 21.2. The number of carbonyl (C=O) groups is 1. The Kier molecular flexibility index (Phi) is 5.81. The molecule has 0 aromatic carbocycles. The fraction of sp³-hybridized carbons (Fsp3) is 0.933. The lowest BCUT2D eigenvalue weighted by molar-refractivity contribution is -0.134. The van der Waals surface area contributed by atoms with E-state index in [1.54, 1.807) is 0 Å². The number of amides is 1. The summed E-state index contributed by atoms with van der Waals surface area (Å²) in [7, 11) is 0. The summed E-state index contributed by atoms with van der Waals surface area (Å²) in [6, 6.07) is 0. The summed E-state index contributed by atoms with van der Waals surface area (Å²) < 4.78 is 5.61. The Balaban J connectivity index is 2.51. The molecule has 0 aromatic heterocycles. The first-order valence-corrected chi connectivity index (χ1v) is 7.42. The summed E-state index contributed by atoms with van der Waals surface area (Å²) in [6.45, 7) is 13.3. The first-order chi connectivity index (χ1) is 8.79. The Hall–Kier alpha value is -0.610. The molecule has 1 unspecified atom stereocenters. The van der Waals surface area contributed by atoms with E-state index in [2.05, 4.69) is 10.6 Å². The van der Waals surface area contributed by atoms with Crippen LogP contribution in [-0.2, 0) is 9.53 Å². The maximum atomic E-state index is 12.4. The van der Waals surface area contributed by atoms with Gasteiger partial charge in [0, 0.05) is 18.6 Å². The summed E-state index contributed by atoms with van der Waals surface area (Å²) in [5.41, 5.74) is -0.624. The Morgan fingerprint density at radius 2 is 2.05 bits per heavy atom. The Bertz CT molecular complexity index is 295. The van der Waals surface area contributed by atoms with Crippen LogP contribution in [0.15, 0.2) is 0 Å². The van der Waals surface area contributed by atoms with Crippen LogP contribution in [0.3, 0.4) is 0 Å². The molecule has 1 saturated heterocycles. The molecule has 1 atom stereocenters. The number of ether oxygens (including phenoxy) is 1. The van der Waals surface area contributed by atoms with E-state index in [0.717, 1.165) is 25.9 Å². The molecule has 4 heteroatoms. The van der Waals surface area contributed by atoms with Gasteiger partial charge in [0.1, 0.15) is 0 Å². The molecular formula is C15H30N2O2. The second-order valence-electron chi connectivity index (χ2n) is 6.64. The average molecular weight is 270 g/mol. The number of hydrogen-bond donors (Lipinski definition) is 2. The molecule has 0 aromatic rings. The molecule has 19 heavy (non-hydrogen) atoms. The molecule has 1 aliphatic rings. The highest BCUT2D eigenvalue weighted by Gasteiger charge is 2.37. The van der Waals surface area contributed by atoms with Crippen molar-refractivity contribution < 1.29 is 9.53 Å². The minimum atomic E-state index is -0.324. The molecule has 0 bridgehead atoms. The molecule has 4 nitrogen and oxygen atoms in total. The molecule has 0 radical (unpaired) electrons. The van der Waals surface area contributed by atoms with Crippen molar-refractivity contribution in [1.29, 1.82) is 0 Å². The Labute approximate surface area is 117 Å². The van der Waals surface area contributed by atoms with Crippen molar-refractivity contribution in [2.75, 3.05) is 26.2 Å². The SMILES string of the molecule is CCOC(C)(C)CNC(=O)C(C)(C)C1CCCNC1. The standard InChI is InChI=1S/C15H30N2O2/c1-6-19-14(2,3)11-17-13(18)15(4,5)12-8-7-9-16-10-12/h12,16H,6-11H2,1-5H3,(H,17,18). The van der Waals surface area contributed by atoms with E-state index in [1.165, 1.54) is 0 Å². The van der Waals surface area contributed by atoms with Gasteiger partial charge in [0.25, 0.3) is 0 Å². The summed E-state index contributed by atoms with van der Waals surface area (Å²) in [4.78, 5) is 12.4. The minimum Gasteiger partial charge on any atom is -0.374 e. The quantitative estimate of drug-likeness (QED) is 0.775. The van der Waals surface area contributed by atoms with E-state index >= 15 is 0 Å². The maximum absolute atomic E-state index is 12.4. The van der Waals surface area contributed by atoms with Crippen molar-refractivity contribution >= 4 is 5.91 Å². The number of carbonyl (C=O) groups excluding carboxylic acids is 1. The minimum absolute atomic E-state index is 0.133. The number of rotatable bonds is 6. The molecule has 0 spiro atoms. The van der Waals surface area contributed by atoms with E-state index in [9.17, 15) is 4.79 Å². The van der Waals surface area contributed by atoms with Gasteiger partial charge in [-0.05, 0) is 52.6 Å². The molecular weight excluding hydrogens is 240 g/mol. The van der Waals surface area contributed by atoms with Gasteiger partial charge in [0.2, 0.25) is 5.91 Å². The van der Waals surface area contributed by atoms with Gasteiger partial charge < -0.3 is 15.4 Å². The van der Waals surface area contributed by atoms with Crippen molar-refractivity contribution in [1.82, 2.24) is 10.6 Å². The zero-order valence-corrected chi connectivity index (χ0v) is 13.1. The van der Waals surface area contributed by atoms with Crippen LogP contribution in [0.2, 0.25) is 0 Å². The summed E-state index contributed by atoms with van der Waals surface area (Å²) in [6.07, 6.45) is 2.29. The Morgan fingerprint density at radius 3 is 2.58 bits per heavy atom. The predicted molar refractivity (Wildman–Crippen MR) is 78.1 cm³/mol. The van der Waals surface area contributed by atoms with Crippen molar-refractivity contribution in [3.05, 3.63) is 0 Å². The van der Waals surface area contributed by atoms with Crippen LogP contribution in [0, 0.1) is 11.3 Å². The first kappa shape index (κ1) is 16.4. The van der Waals surface area contributed by atoms with Crippen molar-refractivity contribution in [3.63, 3.8) is 0 Å². The van der Waals surface area contributed by atoms with Gasteiger partial charge >= 0.3 is 0 Å². The molecule has 1 rings (SSSR count). The van der Waals surface area contributed by atoms with Crippen LogP contribution in [0.1, 0.15) is 47.5 Å². The number of hydrogen-bond acceptors (Lipinski definition) is 3. The van der Waals surface area contributed by atoms with Gasteiger partial charge in [-0.2, -0.15) is 0 Å². The number of nitrogens with one attached hydrogen (secondary N) is 2. The average Bonchev–Trinajstić information content (AvgIpc) is 2.37. The van der Waals surface area contributed by atoms with Crippen LogP contribution in [-0.4, -0.2) is 37.7 Å². The van der Waals surface area contributed by atoms with Crippen LogP contribution >= 0.6 is 0 Å². The van der Waals surface area contributed by atoms with E-state index < -0.39 is 0 Å². The van der Waals surface area contributed by atoms with E-state index in [-0.39, 0.29) is 16.9 Å². The third kappa shape index (κ3) is 4.77. The van der Waals surface area contributed by atoms with Gasteiger partial charge in [-0.3, -0.25) is 4.79 Å². The molecule has 1 amide bonds. The molecule has 1 fully saturated rings. The summed E-state index contributed by atoms with van der Waals surface area (Å²) >= 11 is 0. The van der Waals surface area contributed by atoms with Crippen LogP contribution in [0.5, 0.6) is 0 Å². The van der Waals surface area contributed by atoms with E-state index in [1.807, 2.05) is 34.6 Å². The zero-order valence-electron chi connectivity index (χ0n) is 13.1. The highest BCUT2D eigenvalue weighted by molar-refractivity contribution is 5.82. The van der Waals surface area contributed by atoms with Gasteiger partial charge in [-0.1, -0.05) is 13.8 Å². The van der Waals surface area contributed by atoms with Gasteiger partial charge in [0.05, 0.1) is 5.60 Å². The molecule has 1 aliphatic heterocycles. The fourth-order valence-electron chi connectivity index (χ4n) is 2.62. The smallest absolute Gasteiger partial charge is 0.226 e. The molecule has 1 heterocycles. The first-order valence-electron chi connectivity index (χ1n) is 7.42. The van der Waals surface area contributed by atoms with Gasteiger partial charge in [-0.25, -0.2) is 0 Å². The molecule has 0 aliphatic carbocycles. The molecule has 2 N–H and O–H groups in total. The van der Waals surface area contributed by atoms with E-state index in [4.69, 9.17) is 4.74 Å². The highest BCUT2D eigenvalue weighted by Crippen LogP contribution is 2.32. The summed E-state index contributed by atoms with van der Waals surface area (Å²) in [5, 5.41) is 6.44. The van der Waals surface area contributed by atoms with Crippen molar-refractivity contribution in [2.24, 2.45) is 11.3 Å². The lowest BCUT2D eigenvalue weighted by atomic mass is 9.74. The third-order valence-electron chi connectivity index (χ3n) is 4.11. The highest BCUT2D eigenvalue weighted by atomic mass is 16.5. The third-order valence-corrected chi connectivity index (χ3v) is 4.11. The predicted octanol–water partition coefficient (Wildman–Crippen LogP) is 1.94. The van der Waals surface area contributed by atoms with Crippen LogP contribution < -0.4 is 10.6 Å². The Morgan fingerprint density at radius 1 is 1.37 bits per heavy atom. The lowest BCUT2D eigenvalue weighted by Gasteiger charge is -2.37. The van der Waals surface area contributed by atoms with Crippen molar-refractivity contribution in [3.8, 4) is 0 Å². The van der Waals surface area contributed by atoms with E-state index in [0.29, 0.717) is 19.1 Å². The fourth-order valence-corrected chi connectivity index (χ4v) is 2.62. The maximum Gasteiger partial charge on any atom is 0.226 e. The second kappa shape index (κ2) is 6.71. The second-order valence-corrected chi connectivity index (χ2v) is 6.64. The molecule has 0 saturated carbocycles. The monoisotopic (exact) mass is 270 g/mol. The van der Waals surface area contributed by atoms with Crippen molar-refractivity contribution in [2.45, 2.75) is 53.1 Å². The van der Waals surface area contributed by atoms with Gasteiger partial charge in [0.15, 0.2) is 0 Å². The number of piperidine rings is 1. The van der Waals surface area contributed by atoms with Crippen LogP contribution in [0.25, 0.3) is 0 Å². The largest absolute Gasteiger partial charge is 0.374 e. The lowest BCUT2D eigenvalue weighted by Crippen LogP contribution is -2.50. The zero-order chi connectivity index (χ0) is 14.5. The van der Waals surface area contributed by atoms with Gasteiger partial charge in [-0.15, -0.1) is 0 Å². The molecule has 112 valence electrons. The summed E-state index contributed by atoms with van der Waals surface area (Å²) in [5.74, 6) is 0.547.